The number of nitrogens with one attached hydrogen (secondary N) is 1. The van der Waals surface area contributed by atoms with Gasteiger partial charge in [0.1, 0.15) is 0 Å². The van der Waals surface area contributed by atoms with E-state index in [0.29, 0.717) is 0 Å². The van der Waals surface area contributed by atoms with Crippen LogP contribution in [0.4, 0.5) is 0 Å². The van der Waals surface area contributed by atoms with Crippen molar-refractivity contribution in [3.05, 3.63) is 29.6 Å². The summed E-state index contributed by atoms with van der Waals surface area (Å²) < 4.78 is 0. The van der Waals surface area contributed by atoms with Crippen LogP contribution in [0, 0.1) is 12.3 Å². The first-order valence-corrected chi connectivity index (χ1v) is 6.36. The average molecular weight is 232 g/mol. The molecule has 92 valence electrons. The minimum atomic E-state index is -0.192. The second-order valence-electron chi connectivity index (χ2n) is 4.98. The van der Waals surface area contributed by atoms with Gasteiger partial charge in [0, 0.05) is 29.9 Å². The van der Waals surface area contributed by atoms with Crippen LogP contribution in [0.2, 0.25) is 0 Å². The largest absolute Gasteiger partial charge is 0.316 e. The normalized spacial score (nSPS) is 23.9. The second kappa shape index (κ2) is 4.96. The maximum absolute atomic E-state index is 12.7. The van der Waals surface area contributed by atoms with E-state index < -0.39 is 0 Å². The van der Waals surface area contributed by atoms with Crippen molar-refractivity contribution in [3.8, 4) is 0 Å². The number of aromatic nitrogens is 1. The number of carbonyl (C=O) groups is 1. The van der Waals surface area contributed by atoms with E-state index in [1.54, 1.807) is 12.4 Å². The molecular formula is C14H20N2O. The van der Waals surface area contributed by atoms with Crippen molar-refractivity contribution >= 4 is 5.78 Å². The van der Waals surface area contributed by atoms with E-state index >= 15 is 0 Å². The van der Waals surface area contributed by atoms with E-state index in [0.717, 1.165) is 43.5 Å². The summed E-state index contributed by atoms with van der Waals surface area (Å²) in [5, 5.41) is 3.33. The van der Waals surface area contributed by atoms with Crippen LogP contribution in [0.25, 0.3) is 0 Å². The number of rotatable bonds is 4. The molecule has 1 saturated heterocycles. The Labute approximate surface area is 103 Å². The molecule has 2 heterocycles. The minimum absolute atomic E-state index is 0.192. The van der Waals surface area contributed by atoms with Crippen LogP contribution in [0.5, 0.6) is 0 Å². The third kappa shape index (κ3) is 2.25. The van der Waals surface area contributed by atoms with Crippen molar-refractivity contribution in [3.63, 3.8) is 0 Å². The molecule has 0 bridgehead atoms. The molecule has 1 unspecified atom stereocenters. The Morgan fingerprint density at radius 3 is 3.00 bits per heavy atom. The molecule has 1 N–H and O–H groups in total. The topological polar surface area (TPSA) is 42.0 Å². The first kappa shape index (κ1) is 12.2. The molecule has 1 aliphatic rings. The van der Waals surface area contributed by atoms with Crippen LogP contribution >= 0.6 is 0 Å². The van der Waals surface area contributed by atoms with Gasteiger partial charge in [0.2, 0.25) is 0 Å². The van der Waals surface area contributed by atoms with Crippen LogP contribution in [-0.4, -0.2) is 23.9 Å². The highest BCUT2D eigenvalue weighted by molar-refractivity contribution is 6.01. The van der Waals surface area contributed by atoms with Gasteiger partial charge in [-0.15, -0.1) is 0 Å². The van der Waals surface area contributed by atoms with Crippen molar-refractivity contribution in [1.82, 2.24) is 10.3 Å². The minimum Gasteiger partial charge on any atom is -0.316 e. The molecule has 17 heavy (non-hydrogen) atoms. The summed E-state index contributed by atoms with van der Waals surface area (Å²) in [5.41, 5.74) is 1.64. The number of pyridine rings is 1. The van der Waals surface area contributed by atoms with E-state index in [4.69, 9.17) is 0 Å². The lowest BCUT2D eigenvalue weighted by Gasteiger charge is -2.26. The zero-order valence-electron chi connectivity index (χ0n) is 10.6. The van der Waals surface area contributed by atoms with Gasteiger partial charge in [0.25, 0.3) is 0 Å². The van der Waals surface area contributed by atoms with Gasteiger partial charge in [-0.25, -0.2) is 0 Å². The highest BCUT2D eigenvalue weighted by atomic mass is 16.1. The van der Waals surface area contributed by atoms with Crippen molar-refractivity contribution in [2.45, 2.75) is 33.1 Å². The van der Waals surface area contributed by atoms with Crippen LogP contribution < -0.4 is 5.32 Å². The molecule has 0 aromatic carbocycles. The molecule has 0 spiro atoms. The molecule has 1 aromatic rings. The summed E-state index contributed by atoms with van der Waals surface area (Å²) in [5.74, 6) is 0.273. The lowest BCUT2D eigenvalue weighted by molar-refractivity contribution is 0.0800. The van der Waals surface area contributed by atoms with Gasteiger partial charge in [-0.2, -0.15) is 0 Å². The molecule has 0 radical (unpaired) electrons. The van der Waals surface area contributed by atoms with Gasteiger partial charge in [0.15, 0.2) is 5.78 Å². The molecule has 3 heteroatoms. The summed E-state index contributed by atoms with van der Waals surface area (Å²) in [4.78, 5) is 16.8. The molecule has 0 amide bonds. The van der Waals surface area contributed by atoms with E-state index in [-0.39, 0.29) is 11.2 Å². The van der Waals surface area contributed by atoms with Crippen LogP contribution in [0.15, 0.2) is 18.5 Å². The second-order valence-corrected chi connectivity index (χ2v) is 4.98. The van der Waals surface area contributed by atoms with Gasteiger partial charge in [-0.1, -0.05) is 13.3 Å². The average Bonchev–Trinajstić information content (AvgIpc) is 2.79. The molecule has 0 aliphatic carbocycles. The maximum Gasteiger partial charge on any atom is 0.172 e. The van der Waals surface area contributed by atoms with Gasteiger partial charge in [-0.3, -0.25) is 9.78 Å². The lowest BCUT2D eigenvalue weighted by atomic mass is 9.75. The summed E-state index contributed by atoms with van der Waals surface area (Å²) in [6, 6.07) is 1.91. The number of hydrogen-bond donors (Lipinski definition) is 1. The number of carbonyl (C=O) groups excluding carboxylic acids is 1. The SMILES string of the molecule is CCCC1(C(=O)c2cnccc2C)CCNC1. The van der Waals surface area contributed by atoms with Crippen molar-refractivity contribution < 1.29 is 4.79 Å². The quantitative estimate of drug-likeness (QED) is 0.810. The number of hydrogen-bond acceptors (Lipinski definition) is 3. The molecule has 1 aliphatic heterocycles. The highest BCUT2D eigenvalue weighted by Gasteiger charge is 2.40. The first-order valence-electron chi connectivity index (χ1n) is 6.36. The summed E-state index contributed by atoms with van der Waals surface area (Å²) >= 11 is 0. The Bertz CT molecular complexity index is 408. The molecular weight excluding hydrogens is 212 g/mol. The fourth-order valence-electron chi connectivity index (χ4n) is 2.73. The van der Waals surface area contributed by atoms with E-state index in [2.05, 4.69) is 17.2 Å². The van der Waals surface area contributed by atoms with Gasteiger partial charge in [-0.05, 0) is 37.9 Å². The Kier molecular flexibility index (Phi) is 3.57. The molecule has 1 fully saturated rings. The zero-order valence-corrected chi connectivity index (χ0v) is 10.6. The maximum atomic E-state index is 12.7. The third-order valence-electron chi connectivity index (χ3n) is 3.74. The molecule has 1 atom stereocenters. The van der Waals surface area contributed by atoms with Gasteiger partial charge in [0.05, 0.1) is 0 Å². The van der Waals surface area contributed by atoms with E-state index in [1.165, 1.54) is 0 Å². The number of Topliss-reactive ketones (excluding diaryl/α,β-unsaturated/α-hetero) is 1. The van der Waals surface area contributed by atoms with Gasteiger partial charge < -0.3 is 5.32 Å². The van der Waals surface area contributed by atoms with Crippen molar-refractivity contribution in [2.24, 2.45) is 5.41 Å². The number of aryl methyl sites for hydroxylation is 1. The van der Waals surface area contributed by atoms with Crippen molar-refractivity contribution in [2.75, 3.05) is 13.1 Å². The fraction of sp³-hybridized carbons (Fsp3) is 0.571. The highest BCUT2D eigenvalue weighted by Crippen LogP contribution is 2.35. The van der Waals surface area contributed by atoms with Crippen LogP contribution in [-0.2, 0) is 0 Å². The fourth-order valence-corrected chi connectivity index (χ4v) is 2.73. The van der Waals surface area contributed by atoms with E-state index in [9.17, 15) is 4.79 Å². The first-order chi connectivity index (χ1) is 8.19. The molecule has 3 nitrogen and oxygen atoms in total. The lowest BCUT2D eigenvalue weighted by Crippen LogP contribution is -2.34. The molecule has 2 rings (SSSR count). The molecule has 0 saturated carbocycles. The summed E-state index contributed by atoms with van der Waals surface area (Å²) in [6.45, 7) is 5.89. The summed E-state index contributed by atoms with van der Waals surface area (Å²) in [7, 11) is 0. The Hall–Kier alpha value is -1.22. The monoisotopic (exact) mass is 232 g/mol. The predicted molar refractivity (Wildman–Crippen MR) is 68.1 cm³/mol. The number of ketones is 1. The Morgan fingerprint density at radius 2 is 2.41 bits per heavy atom. The predicted octanol–water partition coefficient (Wildman–Crippen LogP) is 2.35. The Balaban J connectivity index is 2.32. The van der Waals surface area contributed by atoms with E-state index in [1.807, 2.05) is 13.0 Å². The van der Waals surface area contributed by atoms with Crippen LogP contribution in [0.1, 0.15) is 42.1 Å². The molecule has 1 aromatic heterocycles. The number of nitrogens with zero attached hydrogens (tertiary/aromatic N) is 1. The van der Waals surface area contributed by atoms with Gasteiger partial charge >= 0.3 is 0 Å². The zero-order chi connectivity index (χ0) is 12.3. The Morgan fingerprint density at radius 1 is 1.59 bits per heavy atom. The summed E-state index contributed by atoms with van der Waals surface area (Å²) in [6.07, 6.45) is 6.42. The smallest absolute Gasteiger partial charge is 0.172 e. The third-order valence-corrected chi connectivity index (χ3v) is 3.74. The van der Waals surface area contributed by atoms with Crippen molar-refractivity contribution in [1.29, 1.82) is 0 Å². The standard InChI is InChI=1S/C14H20N2O/c1-3-5-14(6-8-16-10-14)13(17)12-9-15-7-4-11(12)2/h4,7,9,16H,3,5-6,8,10H2,1-2H3. The van der Waals surface area contributed by atoms with Crippen LogP contribution in [0.3, 0.4) is 0 Å².